The molecule has 1 aromatic carbocycles. The zero-order chi connectivity index (χ0) is 9.97. The largest absolute Gasteiger partial charge is 0.489 e. The van der Waals surface area contributed by atoms with E-state index in [1.165, 1.54) is 0 Å². The highest BCUT2D eigenvalue weighted by Crippen LogP contribution is 2.18. The van der Waals surface area contributed by atoms with Crippen LogP contribution in [0.1, 0.15) is 16.8 Å². The van der Waals surface area contributed by atoms with E-state index in [0.29, 0.717) is 23.0 Å². The first kappa shape index (κ1) is 9.28. The number of ketones is 1. The Morgan fingerprint density at radius 2 is 2.29 bits per heavy atom. The first-order chi connectivity index (χ1) is 6.77. The predicted octanol–water partition coefficient (Wildman–Crippen LogP) is 2.83. The third kappa shape index (κ3) is 1.80. The van der Waals surface area contributed by atoms with E-state index >= 15 is 0 Å². The number of hydrogen-bond acceptors (Lipinski definition) is 2. The van der Waals surface area contributed by atoms with Crippen LogP contribution in [0.4, 0.5) is 0 Å². The second kappa shape index (κ2) is 3.84. The molecule has 1 aliphatic heterocycles. The smallest absolute Gasteiger partial charge is 0.227 e. The summed E-state index contributed by atoms with van der Waals surface area (Å²) in [6.07, 6.45) is 2.62. The highest BCUT2D eigenvalue weighted by Gasteiger charge is 2.16. The molecule has 0 spiro atoms. The van der Waals surface area contributed by atoms with Gasteiger partial charge in [-0.1, -0.05) is 23.7 Å². The third-order valence-corrected chi connectivity index (χ3v) is 2.25. The molecule has 0 atom stereocenters. The van der Waals surface area contributed by atoms with Gasteiger partial charge in [-0.05, 0) is 18.2 Å². The van der Waals surface area contributed by atoms with Crippen LogP contribution in [0.2, 0.25) is 5.02 Å². The molecular formula is C11H9ClO2. The topological polar surface area (TPSA) is 26.3 Å². The molecule has 14 heavy (non-hydrogen) atoms. The van der Waals surface area contributed by atoms with Crippen LogP contribution in [-0.2, 0) is 4.74 Å². The van der Waals surface area contributed by atoms with Crippen LogP contribution in [0, 0.1) is 0 Å². The van der Waals surface area contributed by atoms with Gasteiger partial charge in [0.15, 0.2) is 5.76 Å². The van der Waals surface area contributed by atoms with Crippen molar-refractivity contribution in [2.24, 2.45) is 0 Å². The zero-order valence-electron chi connectivity index (χ0n) is 7.50. The van der Waals surface area contributed by atoms with Crippen LogP contribution in [0.5, 0.6) is 0 Å². The summed E-state index contributed by atoms with van der Waals surface area (Å²) in [6, 6.07) is 6.87. The van der Waals surface area contributed by atoms with Gasteiger partial charge >= 0.3 is 0 Å². The van der Waals surface area contributed by atoms with Crippen molar-refractivity contribution < 1.29 is 9.53 Å². The molecule has 0 aliphatic carbocycles. The molecule has 72 valence electrons. The number of rotatable bonds is 2. The van der Waals surface area contributed by atoms with Crippen LogP contribution in [0.15, 0.2) is 36.1 Å². The van der Waals surface area contributed by atoms with Gasteiger partial charge in [-0.25, -0.2) is 0 Å². The van der Waals surface area contributed by atoms with E-state index in [1.807, 2.05) is 6.08 Å². The number of carbonyl (C=O) groups is 1. The fourth-order valence-corrected chi connectivity index (χ4v) is 1.54. The summed E-state index contributed by atoms with van der Waals surface area (Å²) in [6.45, 7) is 0.599. The van der Waals surface area contributed by atoms with Gasteiger partial charge in [0.05, 0.1) is 6.61 Å². The lowest BCUT2D eigenvalue weighted by Gasteiger charge is -2.02. The number of allylic oxidation sites excluding steroid dienone is 1. The first-order valence-electron chi connectivity index (χ1n) is 4.40. The van der Waals surface area contributed by atoms with E-state index in [9.17, 15) is 4.79 Å². The van der Waals surface area contributed by atoms with Gasteiger partial charge in [-0.3, -0.25) is 4.79 Å². The van der Waals surface area contributed by atoms with Crippen LogP contribution in [-0.4, -0.2) is 12.4 Å². The summed E-state index contributed by atoms with van der Waals surface area (Å²) in [4.78, 5) is 11.7. The minimum atomic E-state index is -0.0926. The van der Waals surface area contributed by atoms with Gasteiger partial charge in [0.1, 0.15) is 0 Å². The van der Waals surface area contributed by atoms with Crippen LogP contribution in [0.3, 0.4) is 0 Å². The number of halogens is 1. The molecule has 0 unspecified atom stereocenters. The Labute approximate surface area is 87.1 Å². The van der Waals surface area contributed by atoms with Crippen molar-refractivity contribution in [1.82, 2.24) is 0 Å². The Balaban J connectivity index is 2.27. The van der Waals surface area contributed by atoms with E-state index < -0.39 is 0 Å². The van der Waals surface area contributed by atoms with Gasteiger partial charge < -0.3 is 4.74 Å². The standard InChI is InChI=1S/C11H9ClO2/c12-9-4-1-3-8(7-9)11(13)10-5-2-6-14-10/h1,3-5,7H,2,6H2. The van der Waals surface area contributed by atoms with Crippen molar-refractivity contribution >= 4 is 17.4 Å². The third-order valence-electron chi connectivity index (χ3n) is 2.02. The summed E-state index contributed by atoms with van der Waals surface area (Å²) >= 11 is 5.78. The Hall–Kier alpha value is -1.28. The van der Waals surface area contributed by atoms with E-state index in [4.69, 9.17) is 16.3 Å². The van der Waals surface area contributed by atoms with Gasteiger partial charge in [-0.15, -0.1) is 0 Å². The van der Waals surface area contributed by atoms with Crippen LogP contribution < -0.4 is 0 Å². The Morgan fingerprint density at radius 3 is 2.93 bits per heavy atom. The molecular weight excluding hydrogens is 200 g/mol. The molecule has 1 aromatic rings. The molecule has 0 fully saturated rings. The maximum atomic E-state index is 11.7. The van der Waals surface area contributed by atoms with E-state index in [-0.39, 0.29) is 5.78 Å². The lowest BCUT2D eigenvalue weighted by atomic mass is 10.1. The highest BCUT2D eigenvalue weighted by atomic mass is 35.5. The SMILES string of the molecule is O=C(C1=CCCO1)c1cccc(Cl)c1. The average Bonchev–Trinajstić information content (AvgIpc) is 2.69. The van der Waals surface area contributed by atoms with Crippen molar-refractivity contribution in [3.8, 4) is 0 Å². The minimum absolute atomic E-state index is 0.0926. The molecule has 0 bridgehead atoms. The molecule has 0 amide bonds. The average molecular weight is 209 g/mol. The number of Topliss-reactive ketones (excluding diaryl/α,β-unsaturated/α-hetero) is 1. The van der Waals surface area contributed by atoms with Gasteiger partial charge in [-0.2, -0.15) is 0 Å². The molecule has 3 heteroatoms. The van der Waals surface area contributed by atoms with Gasteiger partial charge in [0, 0.05) is 17.0 Å². The quantitative estimate of drug-likeness (QED) is 0.699. The second-order valence-electron chi connectivity index (χ2n) is 3.04. The molecule has 0 N–H and O–H groups in total. The molecule has 2 rings (SSSR count). The van der Waals surface area contributed by atoms with E-state index in [1.54, 1.807) is 24.3 Å². The maximum Gasteiger partial charge on any atom is 0.227 e. The zero-order valence-corrected chi connectivity index (χ0v) is 8.25. The molecule has 1 aliphatic rings. The van der Waals surface area contributed by atoms with Crippen LogP contribution in [0.25, 0.3) is 0 Å². The molecule has 0 radical (unpaired) electrons. The molecule has 1 heterocycles. The lowest BCUT2D eigenvalue weighted by Crippen LogP contribution is -2.03. The lowest BCUT2D eigenvalue weighted by molar-refractivity contribution is 0.0942. The fourth-order valence-electron chi connectivity index (χ4n) is 1.35. The second-order valence-corrected chi connectivity index (χ2v) is 3.48. The maximum absolute atomic E-state index is 11.7. The minimum Gasteiger partial charge on any atom is -0.489 e. The number of benzene rings is 1. The summed E-state index contributed by atoms with van der Waals surface area (Å²) in [5.74, 6) is 0.345. The number of ether oxygens (including phenoxy) is 1. The van der Waals surface area contributed by atoms with Gasteiger partial charge in [0.2, 0.25) is 5.78 Å². The van der Waals surface area contributed by atoms with Gasteiger partial charge in [0.25, 0.3) is 0 Å². The van der Waals surface area contributed by atoms with E-state index in [2.05, 4.69) is 0 Å². The first-order valence-corrected chi connectivity index (χ1v) is 4.78. The molecule has 0 aromatic heterocycles. The van der Waals surface area contributed by atoms with Crippen molar-refractivity contribution in [3.63, 3.8) is 0 Å². The van der Waals surface area contributed by atoms with Crippen LogP contribution >= 0.6 is 11.6 Å². The molecule has 0 saturated carbocycles. The van der Waals surface area contributed by atoms with Crippen molar-refractivity contribution in [2.75, 3.05) is 6.61 Å². The van der Waals surface area contributed by atoms with E-state index in [0.717, 1.165) is 6.42 Å². The Morgan fingerprint density at radius 1 is 1.43 bits per heavy atom. The summed E-state index contributed by atoms with van der Waals surface area (Å²) in [7, 11) is 0. The molecule has 0 saturated heterocycles. The molecule has 2 nitrogen and oxygen atoms in total. The number of hydrogen-bond donors (Lipinski definition) is 0. The summed E-state index contributed by atoms with van der Waals surface area (Å²) < 4.78 is 5.18. The summed E-state index contributed by atoms with van der Waals surface area (Å²) in [5, 5.41) is 0.564. The van der Waals surface area contributed by atoms with Crippen molar-refractivity contribution in [3.05, 3.63) is 46.7 Å². The normalized spacial score (nSPS) is 14.8. The van der Waals surface area contributed by atoms with Crippen molar-refractivity contribution in [1.29, 1.82) is 0 Å². The summed E-state index contributed by atoms with van der Waals surface area (Å²) in [5.41, 5.74) is 0.575. The Kier molecular flexibility index (Phi) is 2.55. The number of carbonyl (C=O) groups excluding carboxylic acids is 1. The Bertz CT molecular complexity index is 396. The highest BCUT2D eigenvalue weighted by molar-refractivity contribution is 6.31. The fraction of sp³-hybridized carbons (Fsp3) is 0.182. The predicted molar refractivity (Wildman–Crippen MR) is 54.4 cm³/mol. The monoisotopic (exact) mass is 208 g/mol. The van der Waals surface area contributed by atoms with Crippen molar-refractivity contribution in [2.45, 2.75) is 6.42 Å².